The van der Waals surface area contributed by atoms with Gasteiger partial charge in [0.05, 0.1) is 11.2 Å². The number of rotatable bonds is 6. The minimum atomic E-state index is -1.19. The van der Waals surface area contributed by atoms with Crippen molar-refractivity contribution in [1.29, 1.82) is 0 Å². The molecule has 138 valence electrons. The third-order valence-corrected chi connectivity index (χ3v) is 5.67. The van der Waals surface area contributed by atoms with E-state index < -0.39 is 25.1 Å². The van der Waals surface area contributed by atoms with Gasteiger partial charge in [0.1, 0.15) is 6.73 Å². The van der Waals surface area contributed by atoms with Crippen molar-refractivity contribution in [3.05, 3.63) is 61.9 Å². The van der Waals surface area contributed by atoms with E-state index in [0.717, 1.165) is 6.04 Å². The summed E-state index contributed by atoms with van der Waals surface area (Å²) in [7, 11) is -1.19. The molecule has 9 heteroatoms. The molecule has 8 nitrogen and oxygen atoms in total. The van der Waals surface area contributed by atoms with Gasteiger partial charge in [-0.3, -0.25) is 14.3 Å². The zero-order chi connectivity index (χ0) is 18.9. The molecule has 3 aromatic rings. The summed E-state index contributed by atoms with van der Waals surface area (Å²) in [6.07, 6.45) is 1.37. The largest absolute Gasteiger partial charge is 0.421 e. The summed E-state index contributed by atoms with van der Waals surface area (Å²) in [6.45, 7) is 7.50. The normalized spacial score (nSPS) is 12.0. The van der Waals surface area contributed by atoms with E-state index in [9.17, 15) is 14.4 Å². The minimum Gasteiger partial charge on any atom is -0.408 e. The molecule has 26 heavy (non-hydrogen) atoms. The summed E-state index contributed by atoms with van der Waals surface area (Å²) in [6, 6.07) is 7.20. The van der Waals surface area contributed by atoms with Crippen molar-refractivity contribution >= 4 is 19.2 Å². The molecule has 2 heterocycles. The molecular weight excluding hydrogens is 354 g/mol. The monoisotopic (exact) mass is 375 g/mol. The zero-order valence-corrected chi connectivity index (χ0v) is 15.9. The van der Waals surface area contributed by atoms with Crippen LogP contribution < -0.4 is 17.0 Å². The number of hydrogen-bond donors (Lipinski definition) is 1. The average Bonchev–Trinajstić information content (AvgIpc) is 2.85. The van der Waals surface area contributed by atoms with Gasteiger partial charge in [-0.25, -0.2) is 14.2 Å². The molecule has 0 saturated heterocycles. The van der Waals surface area contributed by atoms with Crippen LogP contribution in [-0.4, -0.2) is 28.8 Å². The second-order valence-electron chi connectivity index (χ2n) is 7.28. The molecule has 3 rings (SSSR count). The number of aromatic amines is 1. The molecule has 0 unspecified atom stereocenters. The second-order valence-corrected chi connectivity index (χ2v) is 12.9. The van der Waals surface area contributed by atoms with Crippen LogP contribution in [0.5, 0.6) is 0 Å². The van der Waals surface area contributed by atoms with E-state index in [-0.39, 0.29) is 6.73 Å². The van der Waals surface area contributed by atoms with Gasteiger partial charge in [-0.15, -0.1) is 0 Å². The Bertz CT molecular complexity index is 1100. The van der Waals surface area contributed by atoms with E-state index in [0.29, 0.717) is 23.4 Å². The van der Waals surface area contributed by atoms with Crippen molar-refractivity contribution in [3.8, 4) is 5.69 Å². The van der Waals surface area contributed by atoms with Gasteiger partial charge in [-0.1, -0.05) is 19.6 Å². The molecule has 0 atom stereocenters. The van der Waals surface area contributed by atoms with Crippen LogP contribution >= 0.6 is 0 Å². The standard InChI is InChI=1S/C17H21N3O5Si/c1-26(2,3)9-8-24-11-20-13-5-4-12(10-14(13)25-17(20)23)19-7-6-15(21)18-16(19)22/h4-7,10H,8-9,11H2,1-3H3,(H,18,21,22). The van der Waals surface area contributed by atoms with E-state index in [1.165, 1.54) is 21.4 Å². The molecular formula is C17H21N3O5Si. The van der Waals surface area contributed by atoms with Crippen molar-refractivity contribution in [1.82, 2.24) is 14.1 Å². The Morgan fingerprint density at radius 3 is 2.62 bits per heavy atom. The summed E-state index contributed by atoms with van der Waals surface area (Å²) in [5.74, 6) is -0.515. The highest BCUT2D eigenvalue weighted by Gasteiger charge is 2.14. The number of aromatic nitrogens is 3. The Labute approximate surface area is 149 Å². The number of nitrogens with zero attached hydrogens (tertiary/aromatic N) is 2. The molecule has 1 N–H and O–H groups in total. The van der Waals surface area contributed by atoms with Gasteiger partial charge in [0.25, 0.3) is 5.56 Å². The van der Waals surface area contributed by atoms with Crippen LogP contribution in [0.2, 0.25) is 25.7 Å². The van der Waals surface area contributed by atoms with Crippen LogP contribution in [0.15, 0.2) is 49.3 Å². The average molecular weight is 375 g/mol. The van der Waals surface area contributed by atoms with E-state index >= 15 is 0 Å². The fourth-order valence-corrected chi connectivity index (χ4v) is 3.24. The topological polar surface area (TPSA) is 99.2 Å². The summed E-state index contributed by atoms with van der Waals surface area (Å²) in [4.78, 5) is 37.4. The third kappa shape index (κ3) is 3.94. The Hall–Kier alpha value is -2.65. The molecule has 0 aliphatic heterocycles. The van der Waals surface area contributed by atoms with Crippen molar-refractivity contribution in [2.24, 2.45) is 0 Å². The highest BCUT2D eigenvalue weighted by molar-refractivity contribution is 6.76. The fourth-order valence-electron chi connectivity index (χ4n) is 2.48. The smallest absolute Gasteiger partial charge is 0.408 e. The van der Waals surface area contributed by atoms with Gasteiger partial charge in [0.2, 0.25) is 0 Å². The van der Waals surface area contributed by atoms with Crippen LogP contribution in [-0.2, 0) is 11.5 Å². The zero-order valence-electron chi connectivity index (χ0n) is 14.9. The predicted octanol–water partition coefficient (Wildman–Crippen LogP) is 1.75. The van der Waals surface area contributed by atoms with E-state index in [2.05, 4.69) is 24.6 Å². The summed E-state index contributed by atoms with van der Waals surface area (Å²) in [5.41, 5.74) is 0.386. The van der Waals surface area contributed by atoms with Crippen molar-refractivity contribution < 1.29 is 9.15 Å². The lowest BCUT2D eigenvalue weighted by atomic mass is 10.3. The summed E-state index contributed by atoms with van der Waals surface area (Å²) < 4.78 is 13.6. The van der Waals surface area contributed by atoms with Crippen molar-refractivity contribution in [2.45, 2.75) is 32.4 Å². The minimum absolute atomic E-state index is 0.119. The maximum atomic E-state index is 12.1. The van der Waals surface area contributed by atoms with E-state index in [4.69, 9.17) is 9.15 Å². The number of oxazole rings is 1. The maximum Gasteiger partial charge on any atom is 0.421 e. The van der Waals surface area contributed by atoms with Gasteiger partial charge in [-0.05, 0) is 18.2 Å². The van der Waals surface area contributed by atoms with Crippen molar-refractivity contribution in [3.63, 3.8) is 0 Å². The van der Waals surface area contributed by atoms with Gasteiger partial charge >= 0.3 is 11.4 Å². The second kappa shape index (κ2) is 6.93. The molecule has 2 aromatic heterocycles. The Kier molecular flexibility index (Phi) is 4.83. The number of H-pyrrole nitrogens is 1. The van der Waals surface area contributed by atoms with Crippen LogP contribution in [0.3, 0.4) is 0 Å². The van der Waals surface area contributed by atoms with E-state index in [1.807, 2.05) is 0 Å². The Morgan fingerprint density at radius 1 is 1.15 bits per heavy atom. The van der Waals surface area contributed by atoms with Crippen LogP contribution in [0.4, 0.5) is 0 Å². The van der Waals surface area contributed by atoms with Crippen LogP contribution in [0.1, 0.15) is 0 Å². The first-order valence-electron chi connectivity index (χ1n) is 8.28. The third-order valence-electron chi connectivity index (χ3n) is 3.97. The first-order valence-corrected chi connectivity index (χ1v) is 12.0. The van der Waals surface area contributed by atoms with Gasteiger partial charge < -0.3 is 9.15 Å². The molecule has 1 aromatic carbocycles. The number of nitrogens with one attached hydrogen (secondary N) is 1. The van der Waals surface area contributed by atoms with Crippen molar-refractivity contribution in [2.75, 3.05) is 6.61 Å². The molecule has 0 fully saturated rings. The van der Waals surface area contributed by atoms with Gasteiger partial charge in [0, 0.05) is 33.0 Å². The molecule has 0 radical (unpaired) electrons. The summed E-state index contributed by atoms with van der Waals surface area (Å²) >= 11 is 0. The van der Waals surface area contributed by atoms with Crippen LogP contribution in [0.25, 0.3) is 16.8 Å². The lowest BCUT2D eigenvalue weighted by Gasteiger charge is -2.15. The predicted molar refractivity (Wildman–Crippen MR) is 101 cm³/mol. The van der Waals surface area contributed by atoms with Gasteiger partial charge in [-0.2, -0.15) is 0 Å². The Balaban J connectivity index is 1.87. The Morgan fingerprint density at radius 2 is 1.92 bits per heavy atom. The number of benzene rings is 1. The summed E-state index contributed by atoms with van der Waals surface area (Å²) in [5, 5.41) is 0. The molecule has 0 aliphatic rings. The lowest BCUT2D eigenvalue weighted by Crippen LogP contribution is -2.27. The first kappa shape index (κ1) is 18.1. The lowest BCUT2D eigenvalue weighted by molar-refractivity contribution is 0.0850. The SMILES string of the molecule is C[Si](C)(C)CCOCn1c(=O)oc2cc(-n3ccc(=O)[nH]c3=O)ccc21. The molecule has 0 bridgehead atoms. The first-order chi connectivity index (χ1) is 12.2. The molecule has 0 aliphatic carbocycles. The quantitative estimate of drug-likeness (QED) is 0.523. The highest BCUT2D eigenvalue weighted by Crippen LogP contribution is 2.17. The maximum absolute atomic E-state index is 12.1. The molecule has 0 saturated carbocycles. The molecule has 0 amide bonds. The molecule has 0 spiro atoms. The van der Waals surface area contributed by atoms with Crippen LogP contribution in [0, 0.1) is 0 Å². The number of ether oxygens (including phenoxy) is 1. The fraction of sp³-hybridized carbons (Fsp3) is 0.353. The highest BCUT2D eigenvalue weighted by atomic mass is 28.3. The van der Waals surface area contributed by atoms with Gasteiger partial charge in [0.15, 0.2) is 5.58 Å². The number of hydrogen-bond acceptors (Lipinski definition) is 5. The number of fused-ring (bicyclic) bond motifs is 1. The van der Waals surface area contributed by atoms with E-state index in [1.54, 1.807) is 18.2 Å².